The minimum atomic E-state index is 0. The van der Waals surface area contributed by atoms with Gasteiger partial charge in [0.2, 0.25) is 5.91 Å². The lowest BCUT2D eigenvalue weighted by molar-refractivity contribution is -0.121. The number of benzene rings is 1. The molecule has 0 atom stereocenters. The van der Waals surface area contributed by atoms with Crippen molar-refractivity contribution in [3.8, 4) is 5.75 Å². The van der Waals surface area contributed by atoms with Gasteiger partial charge in [-0.25, -0.2) is 0 Å². The molecular formula is C18H31IN4O2. The molecule has 0 saturated carbocycles. The molecule has 1 aromatic rings. The van der Waals surface area contributed by atoms with Crippen LogP contribution in [0.3, 0.4) is 0 Å². The van der Waals surface area contributed by atoms with E-state index in [1.54, 1.807) is 14.2 Å². The summed E-state index contributed by atoms with van der Waals surface area (Å²) in [6.07, 6.45) is 1.25. The van der Waals surface area contributed by atoms with Crippen LogP contribution in [0.2, 0.25) is 0 Å². The fraction of sp³-hybridized carbons (Fsp3) is 0.556. The number of carbonyl (C=O) groups excluding carboxylic acids is 1. The van der Waals surface area contributed by atoms with Gasteiger partial charge in [0.25, 0.3) is 0 Å². The molecule has 0 fully saturated rings. The molecule has 0 unspecified atom stereocenters. The number of guanidine groups is 1. The summed E-state index contributed by atoms with van der Waals surface area (Å²) in [6.45, 7) is 7.25. The summed E-state index contributed by atoms with van der Waals surface area (Å²) in [7, 11) is 3.40. The summed E-state index contributed by atoms with van der Waals surface area (Å²) in [6, 6.07) is 6.33. The third kappa shape index (κ3) is 9.52. The molecule has 0 aliphatic rings. The molecule has 1 rings (SSSR count). The predicted molar refractivity (Wildman–Crippen MR) is 114 cm³/mol. The van der Waals surface area contributed by atoms with Crippen LogP contribution in [0.25, 0.3) is 0 Å². The van der Waals surface area contributed by atoms with Crippen molar-refractivity contribution >= 4 is 35.8 Å². The van der Waals surface area contributed by atoms with Gasteiger partial charge >= 0.3 is 0 Å². The SMILES string of the molecule is CN=C(NCCC(=O)NC(C)C)NCCc1cc(C)ccc1OC.I. The Bertz CT molecular complexity index is 562. The molecule has 0 spiro atoms. The van der Waals surface area contributed by atoms with Crippen LogP contribution in [-0.4, -0.2) is 45.2 Å². The fourth-order valence-corrected chi connectivity index (χ4v) is 2.33. The van der Waals surface area contributed by atoms with E-state index in [1.165, 1.54) is 5.56 Å². The zero-order valence-corrected chi connectivity index (χ0v) is 18.1. The first-order valence-electron chi connectivity index (χ1n) is 8.33. The van der Waals surface area contributed by atoms with Gasteiger partial charge in [-0.3, -0.25) is 9.79 Å². The standard InChI is InChI=1S/C18H30N4O2.HI/c1-13(2)22-17(23)9-11-21-18(19-4)20-10-8-15-12-14(3)6-7-16(15)24-5;/h6-7,12-13H,8-11H2,1-5H3,(H,22,23)(H2,19,20,21);1H. The van der Waals surface area contributed by atoms with Crippen LogP contribution >= 0.6 is 24.0 Å². The third-order valence-corrected chi connectivity index (χ3v) is 3.44. The van der Waals surface area contributed by atoms with Crippen molar-refractivity contribution in [2.45, 2.75) is 39.7 Å². The summed E-state index contributed by atoms with van der Waals surface area (Å²) in [5.41, 5.74) is 2.38. The van der Waals surface area contributed by atoms with Crippen LogP contribution in [0.15, 0.2) is 23.2 Å². The second kappa shape index (κ2) is 12.8. The molecule has 1 amide bonds. The summed E-state index contributed by atoms with van der Waals surface area (Å²) >= 11 is 0. The van der Waals surface area contributed by atoms with E-state index in [0.29, 0.717) is 18.9 Å². The zero-order valence-electron chi connectivity index (χ0n) is 15.8. The van der Waals surface area contributed by atoms with Crippen molar-refractivity contribution in [1.82, 2.24) is 16.0 Å². The largest absolute Gasteiger partial charge is 0.496 e. The second-order valence-electron chi connectivity index (χ2n) is 5.96. The van der Waals surface area contributed by atoms with E-state index >= 15 is 0 Å². The van der Waals surface area contributed by atoms with E-state index in [2.05, 4.69) is 33.9 Å². The van der Waals surface area contributed by atoms with Gasteiger partial charge in [-0.2, -0.15) is 0 Å². The van der Waals surface area contributed by atoms with Gasteiger partial charge in [-0.1, -0.05) is 17.7 Å². The lowest BCUT2D eigenvalue weighted by atomic mass is 10.1. The minimum Gasteiger partial charge on any atom is -0.496 e. The highest BCUT2D eigenvalue weighted by Gasteiger charge is 2.06. The summed E-state index contributed by atoms with van der Waals surface area (Å²) in [5.74, 6) is 1.63. The normalized spacial score (nSPS) is 10.9. The number of carbonyl (C=O) groups is 1. The summed E-state index contributed by atoms with van der Waals surface area (Å²) in [4.78, 5) is 15.8. The second-order valence-corrected chi connectivity index (χ2v) is 5.96. The number of nitrogens with one attached hydrogen (secondary N) is 3. The number of halogens is 1. The maximum Gasteiger partial charge on any atom is 0.221 e. The molecule has 142 valence electrons. The number of methoxy groups -OCH3 is 1. The molecule has 0 bridgehead atoms. The van der Waals surface area contributed by atoms with Crippen molar-refractivity contribution in [3.63, 3.8) is 0 Å². The number of nitrogens with zero attached hydrogens (tertiary/aromatic N) is 1. The van der Waals surface area contributed by atoms with Crippen LogP contribution < -0.4 is 20.7 Å². The highest BCUT2D eigenvalue weighted by molar-refractivity contribution is 14.0. The van der Waals surface area contributed by atoms with E-state index in [9.17, 15) is 4.79 Å². The number of hydrogen-bond donors (Lipinski definition) is 3. The van der Waals surface area contributed by atoms with Crippen molar-refractivity contribution in [2.75, 3.05) is 27.2 Å². The molecule has 25 heavy (non-hydrogen) atoms. The number of aliphatic imine (C=N–C) groups is 1. The van der Waals surface area contributed by atoms with Gasteiger partial charge in [0, 0.05) is 32.6 Å². The van der Waals surface area contributed by atoms with Gasteiger partial charge in [-0.15, -0.1) is 24.0 Å². The maximum absolute atomic E-state index is 11.6. The number of aryl methyl sites for hydroxylation is 1. The molecule has 0 heterocycles. The molecular weight excluding hydrogens is 431 g/mol. The highest BCUT2D eigenvalue weighted by atomic mass is 127. The molecule has 6 nitrogen and oxygen atoms in total. The van der Waals surface area contributed by atoms with E-state index < -0.39 is 0 Å². The third-order valence-electron chi connectivity index (χ3n) is 3.44. The van der Waals surface area contributed by atoms with Crippen LogP contribution in [0, 0.1) is 6.92 Å². The molecule has 0 aliphatic heterocycles. The zero-order chi connectivity index (χ0) is 17.9. The monoisotopic (exact) mass is 462 g/mol. The smallest absolute Gasteiger partial charge is 0.221 e. The van der Waals surface area contributed by atoms with Crippen molar-refractivity contribution in [3.05, 3.63) is 29.3 Å². The maximum atomic E-state index is 11.6. The lowest BCUT2D eigenvalue weighted by Gasteiger charge is -2.14. The van der Waals surface area contributed by atoms with Crippen molar-refractivity contribution in [1.29, 1.82) is 0 Å². The molecule has 0 aliphatic carbocycles. The quantitative estimate of drug-likeness (QED) is 0.315. The average Bonchev–Trinajstić information content (AvgIpc) is 2.53. The number of hydrogen-bond acceptors (Lipinski definition) is 3. The first-order chi connectivity index (χ1) is 11.5. The van der Waals surface area contributed by atoms with Crippen molar-refractivity contribution in [2.24, 2.45) is 4.99 Å². The summed E-state index contributed by atoms with van der Waals surface area (Å²) < 4.78 is 5.39. The van der Waals surface area contributed by atoms with Gasteiger partial charge in [0.1, 0.15) is 5.75 Å². The molecule has 0 aromatic heterocycles. The summed E-state index contributed by atoms with van der Waals surface area (Å²) in [5, 5.41) is 9.27. The Morgan fingerprint density at radius 3 is 2.52 bits per heavy atom. The minimum absolute atomic E-state index is 0. The first-order valence-corrected chi connectivity index (χ1v) is 8.33. The Kier molecular flexibility index (Phi) is 12.0. The van der Waals surface area contributed by atoms with Crippen LogP contribution in [-0.2, 0) is 11.2 Å². The number of amides is 1. The number of rotatable bonds is 8. The van der Waals surface area contributed by atoms with Gasteiger partial charge < -0.3 is 20.7 Å². The van der Waals surface area contributed by atoms with E-state index in [-0.39, 0.29) is 35.9 Å². The van der Waals surface area contributed by atoms with E-state index in [0.717, 1.165) is 24.3 Å². The molecule has 3 N–H and O–H groups in total. The van der Waals surface area contributed by atoms with E-state index in [1.807, 2.05) is 26.0 Å². The van der Waals surface area contributed by atoms with E-state index in [4.69, 9.17) is 4.74 Å². The lowest BCUT2D eigenvalue weighted by Crippen LogP contribution is -2.40. The van der Waals surface area contributed by atoms with Crippen molar-refractivity contribution < 1.29 is 9.53 Å². The molecule has 0 radical (unpaired) electrons. The van der Waals surface area contributed by atoms with Crippen LogP contribution in [0.5, 0.6) is 5.75 Å². The van der Waals surface area contributed by atoms with Crippen LogP contribution in [0.1, 0.15) is 31.4 Å². The molecule has 1 aromatic carbocycles. The van der Waals surface area contributed by atoms with Crippen LogP contribution in [0.4, 0.5) is 0 Å². The Labute approximate surface area is 168 Å². The fourth-order valence-electron chi connectivity index (χ4n) is 2.33. The van der Waals surface area contributed by atoms with Gasteiger partial charge in [0.05, 0.1) is 7.11 Å². The van der Waals surface area contributed by atoms with Gasteiger partial charge in [0.15, 0.2) is 5.96 Å². The Hall–Kier alpha value is -1.51. The topological polar surface area (TPSA) is 74.8 Å². The molecule has 7 heteroatoms. The Balaban J connectivity index is 0.00000576. The Morgan fingerprint density at radius 1 is 1.24 bits per heavy atom. The highest BCUT2D eigenvalue weighted by Crippen LogP contribution is 2.19. The molecule has 0 saturated heterocycles. The Morgan fingerprint density at radius 2 is 1.92 bits per heavy atom. The number of ether oxygens (including phenoxy) is 1. The first kappa shape index (κ1) is 23.5. The average molecular weight is 462 g/mol. The van der Waals surface area contributed by atoms with Gasteiger partial charge in [-0.05, 0) is 38.8 Å². The predicted octanol–water partition coefficient (Wildman–Crippen LogP) is 2.24.